The van der Waals surface area contributed by atoms with Crippen LogP contribution in [0.15, 0.2) is 36.7 Å². The average molecular weight is 200 g/mol. The molecule has 2 aromatic rings. The van der Waals surface area contributed by atoms with Gasteiger partial charge in [-0.2, -0.15) is 0 Å². The highest BCUT2D eigenvalue weighted by atomic mass is 16.1. The molecule has 0 bridgehead atoms. The summed E-state index contributed by atoms with van der Waals surface area (Å²) in [7, 11) is 0. The van der Waals surface area contributed by atoms with Crippen molar-refractivity contribution < 1.29 is 4.79 Å². The molecule has 0 radical (unpaired) electrons. The van der Waals surface area contributed by atoms with Crippen molar-refractivity contribution in [2.75, 3.05) is 0 Å². The Morgan fingerprint density at radius 2 is 2.00 bits per heavy atom. The Labute approximate surface area is 86.0 Å². The van der Waals surface area contributed by atoms with E-state index in [4.69, 9.17) is 5.73 Å². The molecule has 0 atom stereocenters. The van der Waals surface area contributed by atoms with Crippen LogP contribution < -0.4 is 5.73 Å². The van der Waals surface area contributed by atoms with E-state index in [2.05, 4.69) is 15.0 Å². The van der Waals surface area contributed by atoms with Crippen molar-refractivity contribution in [3.8, 4) is 11.5 Å². The van der Waals surface area contributed by atoms with Gasteiger partial charge >= 0.3 is 0 Å². The van der Waals surface area contributed by atoms with E-state index in [1.807, 2.05) is 6.07 Å². The van der Waals surface area contributed by atoms with Crippen LogP contribution >= 0.6 is 0 Å². The van der Waals surface area contributed by atoms with Gasteiger partial charge in [0.05, 0.1) is 0 Å². The number of carbonyl (C=O) groups excluding carboxylic acids is 1. The fourth-order valence-corrected chi connectivity index (χ4v) is 1.11. The predicted molar refractivity (Wildman–Crippen MR) is 53.8 cm³/mol. The van der Waals surface area contributed by atoms with Gasteiger partial charge in [0.2, 0.25) is 0 Å². The number of hydrogen-bond donors (Lipinski definition) is 1. The Kier molecular flexibility index (Phi) is 2.37. The molecule has 5 nitrogen and oxygen atoms in total. The van der Waals surface area contributed by atoms with Crippen molar-refractivity contribution >= 4 is 5.91 Å². The summed E-state index contributed by atoms with van der Waals surface area (Å²) < 4.78 is 0. The van der Waals surface area contributed by atoms with E-state index in [1.165, 1.54) is 12.3 Å². The van der Waals surface area contributed by atoms with Crippen LogP contribution in [0.25, 0.3) is 11.5 Å². The summed E-state index contributed by atoms with van der Waals surface area (Å²) in [5.74, 6) is -0.179. The molecular formula is C10H8N4O. The molecule has 2 aromatic heterocycles. The van der Waals surface area contributed by atoms with E-state index in [9.17, 15) is 4.79 Å². The number of hydrogen-bond acceptors (Lipinski definition) is 4. The van der Waals surface area contributed by atoms with Crippen molar-refractivity contribution in [1.82, 2.24) is 15.0 Å². The fourth-order valence-electron chi connectivity index (χ4n) is 1.11. The number of nitrogens with zero attached hydrogens (tertiary/aromatic N) is 3. The predicted octanol–water partition coefficient (Wildman–Crippen LogP) is 0.637. The molecule has 0 aliphatic carbocycles. The SMILES string of the molecule is NC(=O)c1ccnc(-c2ccccn2)n1. The second-order valence-corrected chi connectivity index (χ2v) is 2.84. The Morgan fingerprint density at radius 3 is 2.67 bits per heavy atom. The topological polar surface area (TPSA) is 81.8 Å². The second-order valence-electron chi connectivity index (χ2n) is 2.84. The maximum atomic E-state index is 10.9. The van der Waals surface area contributed by atoms with Gasteiger partial charge in [0.25, 0.3) is 5.91 Å². The molecule has 0 saturated heterocycles. The third-order valence-corrected chi connectivity index (χ3v) is 1.80. The molecule has 0 aromatic carbocycles. The lowest BCUT2D eigenvalue weighted by atomic mass is 10.3. The van der Waals surface area contributed by atoms with Crippen LogP contribution in [0.5, 0.6) is 0 Å². The van der Waals surface area contributed by atoms with Crippen molar-refractivity contribution in [2.24, 2.45) is 5.73 Å². The highest BCUT2D eigenvalue weighted by Gasteiger charge is 2.06. The molecule has 2 rings (SSSR count). The standard InChI is InChI=1S/C10H8N4O/c11-9(15)7-4-6-13-10(14-7)8-3-1-2-5-12-8/h1-6H,(H2,11,15). The van der Waals surface area contributed by atoms with Gasteiger partial charge in [-0.25, -0.2) is 9.97 Å². The number of nitrogens with two attached hydrogens (primary N) is 1. The van der Waals surface area contributed by atoms with Gasteiger partial charge in [-0.3, -0.25) is 9.78 Å². The molecule has 2 heterocycles. The lowest BCUT2D eigenvalue weighted by Crippen LogP contribution is -2.13. The summed E-state index contributed by atoms with van der Waals surface area (Å²) in [4.78, 5) is 23.0. The van der Waals surface area contributed by atoms with E-state index in [-0.39, 0.29) is 5.69 Å². The zero-order valence-corrected chi connectivity index (χ0v) is 7.79. The third-order valence-electron chi connectivity index (χ3n) is 1.80. The summed E-state index contributed by atoms with van der Waals surface area (Å²) >= 11 is 0. The first kappa shape index (κ1) is 9.26. The minimum atomic E-state index is -0.574. The Hall–Kier alpha value is -2.30. The highest BCUT2D eigenvalue weighted by molar-refractivity contribution is 5.90. The van der Waals surface area contributed by atoms with Gasteiger partial charge in [-0.05, 0) is 18.2 Å². The van der Waals surface area contributed by atoms with E-state index < -0.39 is 5.91 Å². The third kappa shape index (κ3) is 1.96. The van der Waals surface area contributed by atoms with Crippen LogP contribution in [-0.4, -0.2) is 20.9 Å². The monoisotopic (exact) mass is 200 g/mol. The van der Waals surface area contributed by atoms with Crippen LogP contribution in [0, 0.1) is 0 Å². The largest absolute Gasteiger partial charge is 0.364 e. The van der Waals surface area contributed by atoms with Crippen molar-refractivity contribution in [3.63, 3.8) is 0 Å². The average Bonchev–Trinajstić information content (AvgIpc) is 2.30. The highest BCUT2D eigenvalue weighted by Crippen LogP contribution is 2.09. The van der Waals surface area contributed by atoms with Gasteiger partial charge in [0.15, 0.2) is 5.82 Å². The first-order chi connectivity index (χ1) is 7.27. The van der Waals surface area contributed by atoms with E-state index in [0.717, 1.165) is 0 Å². The number of aromatic nitrogens is 3. The van der Waals surface area contributed by atoms with Crippen LogP contribution in [-0.2, 0) is 0 Å². The molecule has 0 spiro atoms. The van der Waals surface area contributed by atoms with Crippen molar-refractivity contribution in [1.29, 1.82) is 0 Å². The first-order valence-corrected chi connectivity index (χ1v) is 4.31. The maximum Gasteiger partial charge on any atom is 0.267 e. The van der Waals surface area contributed by atoms with Crippen LogP contribution in [0.3, 0.4) is 0 Å². The second kappa shape index (κ2) is 3.83. The normalized spacial score (nSPS) is 9.87. The molecular weight excluding hydrogens is 192 g/mol. The van der Waals surface area contributed by atoms with Crippen molar-refractivity contribution in [2.45, 2.75) is 0 Å². The lowest BCUT2D eigenvalue weighted by Gasteiger charge is -1.99. The molecule has 5 heteroatoms. The number of pyridine rings is 1. The fraction of sp³-hybridized carbons (Fsp3) is 0. The van der Waals surface area contributed by atoms with E-state index in [0.29, 0.717) is 11.5 Å². The summed E-state index contributed by atoms with van der Waals surface area (Å²) in [6.45, 7) is 0. The molecule has 0 fully saturated rings. The smallest absolute Gasteiger partial charge is 0.267 e. The summed E-state index contributed by atoms with van der Waals surface area (Å²) in [6.07, 6.45) is 3.12. The Morgan fingerprint density at radius 1 is 1.13 bits per heavy atom. The molecule has 0 saturated carbocycles. The Bertz CT molecular complexity index is 484. The maximum absolute atomic E-state index is 10.9. The van der Waals surface area contributed by atoms with Crippen LogP contribution in [0.2, 0.25) is 0 Å². The van der Waals surface area contributed by atoms with Crippen molar-refractivity contribution in [3.05, 3.63) is 42.4 Å². The van der Waals surface area contributed by atoms with Gasteiger partial charge in [0, 0.05) is 12.4 Å². The molecule has 0 aliphatic heterocycles. The minimum absolute atomic E-state index is 0.186. The van der Waals surface area contributed by atoms with Crippen LogP contribution in [0.1, 0.15) is 10.5 Å². The van der Waals surface area contributed by atoms with Gasteiger partial charge < -0.3 is 5.73 Å². The summed E-state index contributed by atoms with van der Waals surface area (Å²) in [6, 6.07) is 6.85. The zero-order valence-electron chi connectivity index (χ0n) is 7.79. The Balaban J connectivity index is 2.46. The number of carbonyl (C=O) groups is 1. The number of primary amides is 1. The molecule has 15 heavy (non-hydrogen) atoms. The number of amides is 1. The van der Waals surface area contributed by atoms with Gasteiger partial charge in [0.1, 0.15) is 11.4 Å². The molecule has 1 amide bonds. The van der Waals surface area contributed by atoms with Gasteiger partial charge in [-0.1, -0.05) is 6.07 Å². The summed E-state index contributed by atoms with van der Waals surface area (Å²) in [5, 5.41) is 0. The number of rotatable bonds is 2. The van der Waals surface area contributed by atoms with Crippen LogP contribution in [0.4, 0.5) is 0 Å². The summed E-state index contributed by atoms with van der Waals surface area (Å²) in [5.41, 5.74) is 5.91. The van der Waals surface area contributed by atoms with Gasteiger partial charge in [-0.15, -0.1) is 0 Å². The molecule has 2 N–H and O–H groups in total. The quantitative estimate of drug-likeness (QED) is 0.771. The zero-order chi connectivity index (χ0) is 10.7. The molecule has 0 unspecified atom stereocenters. The first-order valence-electron chi connectivity index (χ1n) is 4.31. The van der Waals surface area contributed by atoms with E-state index in [1.54, 1.807) is 18.3 Å². The van der Waals surface area contributed by atoms with E-state index >= 15 is 0 Å². The molecule has 0 aliphatic rings. The minimum Gasteiger partial charge on any atom is -0.364 e. The molecule has 74 valence electrons. The lowest BCUT2D eigenvalue weighted by molar-refractivity contribution is 0.0995.